The van der Waals surface area contributed by atoms with E-state index in [1.165, 1.54) is 0 Å². The minimum absolute atomic E-state index is 0.0968. The first-order valence-corrected chi connectivity index (χ1v) is 12.8. The molecule has 0 radical (unpaired) electrons. The van der Waals surface area contributed by atoms with Crippen LogP contribution in [-0.4, -0.2) is 45.8 Å². The maximum atomic E-state index is 13.9. The summed E-state index contributed by atoms with van der Waals surface area (Å²) >= 11 is 0. The number of methoxy groups -OCH3 is 3. The highest BCUT2D eigenvalue weighted by atomic mass is 16.7. The van der Waals surface area contributed by atoms with Gasteiger partial charge in [0, 0.05) is 11.8 Å². The first-order chi connectivity index (χ1) is 19.0. The SMILES string of the molecule is COc1cc([C@@H]2c3cc4c(cc3[C@H](O)[C@H]3COC(=O)[C@]23C/C=C/c2ccccc2)OCO4)cc(OC)c1OC. The smallest absolute Gasteiger partial charge is 0.313 e. The van der Waals surface area contributed by atoms with Crippen LogP contribution >= 0.6 is 0 Å². The van der Waals surface area contributed by atoms with Gasteiger partial charge in [0.15, 0.2) is 23.0 Å². The molecular weight excluding hydrogens is 500 g/mol. The third kappa shape index (κ3) is 3.89. The molecule has 4 atom stereocenters. The Labute approximate surface area is 226 Å². The summed E-state index contributed by atoms with van der Waals surface area (Å²) in [6, 6.07) is 17.3. The van der Waals surface area contributed by atoms with Crippen molar-refractivity contribution in [2.45, 2.75) is 18.4 Å². The lowest BCUT2D eigenvalue weighted by Crippen LogP contribution is -2.46. The van der Waals surface area contributed by atoms with Crippen LogP contribution in [0.2, 0.25) is 0 Å². The Morgan fingerprint density at radius 2 is 1.59 bits per heavy atom. The number of rotatable bonds is 7. The van der Waals surface area contributed by atoms with E-state index in [0.717, 1.165) is 16.7 Å². The number of fused-ring (bicyclic) bond motifs is 3. The standard InChI is InChI=1S/C31H30O8/c1-34-25-12-19(13-26(35-2)29(25)36-3)27-20-14-23-24(39-17-38-23)15-21(20)28(32)22-16-37-30(33)31(22,27)11-7-10-18-8-5-4-6-9-18/h4-10,12-15,22,27-28,32H,11,16-17H2,1-3H3/b10-7+/t22-,27-,28+,31+/m1/s1. The summed E-state index contributed by atoms with van der Waals surface area (Å²) in [5, 5.41) is 11.7. The van der Waals surface area contributed by atoms with E-state index >= 15 is 0 Å². The minimum Gasteiger partial charge on any atom is -0.493 e. The molecule has 0 saturated carbocycles. The van der Waals surface area contributed by atoms with E-state index in [9.17, 15) is 9.90 Å². The van der Waals surface area contributed by atoms with Crippen LogP contribution in [0.5, 0.6) is 28.7 Å². The molecule has 202 valence electrons. The second kappa shape index (κ2) is 9.85. The van der Waals surface area contributed by atoms with Crippen LogP contribution in [0.25, 0.3) is 6.08 Å². The lowest BCUT2D eigenvalue weighted by atomic mass is 9.55. The Kier molecular flexibility index (Phi) is 6.35. The number of carbonyl (C=O) groups is 1. The molecule has 0 bridgehead atoms. The fourth-order valence-corrected chi connectivity index (χ4v) is 6.33. The zero-order chi connectivity index (χ0) is 27.1. The highest BCUT2D eigenvalue weighted by Crippen LogP contribution is 2.63. The summed E-state index contributed by atoms with van der Waals surface area (Å²) in [7, 11) is 4.67. The maximum absolute atomic E-state index is 13.9. The monoisotopic (exact) mass is 530 g/mol. The van der Waals surface area contributed by atoms with Crippen LogP contribution in [0.15, 0.2) is 60.7 Å². The van der Waals surface area contributed by atoms with Crippen molar-refractivity contribution < 1.29 is 38.3 Å². The van der Waals surface area contributed by atoms with Gasteiger partial charge < -0.3 is 33.5 Å². The van der Waals surface area contributed by atoms with Crippen molar-refractivity contribution in [2.75, 3.05) is 34.7 Å². The molecule has 8 nitrogen and oxygen atoms in total. The van der Waals surface area contributed by atoms with E-state index in [0.29, 0.717) is 40.7 Å². The molecule has 3 aliphatic rings. The van der Waals surface area contributed by atoms with Crippen LogP contribution in [0.3, 0.4) is 0 Å². The number of esters is 1. The number of aliphatic hydroxyl groups is 1. The first-order valence-electron chi connectivity index (χ1n) is 12.8. The fourth-order valence-electron chi connectivity index (χ4n) is 6.33. The van der Waals surface area contributed by atoms with E-state index in [1.54, 1.807) is 21.3 Å². The van der Waals surface area contributed by atoms with Crippen LogP contribution in [-0.2, 0) is 9.53 Å². The second-order valence-electron chi connectivity index (χ2n) is 9.93. The van der Waals surface area contributed by atoms with Crippen LogP contribution in [0, 0.1) is 11.3 Å². The van der Waals surface area contributed by atoms with Crippen LogP contribution < -0.4 is 23.7 Å². The van der Waals surface area contributed by atoms with E-state index in [1.807, 2.05) is 66.7 Å². The van der Waals surface area contributed by atoms with E-state index in [2.05, 4.69) is 0 Å². The Bertz CT molecular complexity index is 1410. The van der Waals surface area contributed by atoms with Gasteiger partial charge in [-0.05, 0) is 52.9 Å². The van der Waals surface area contributed by atoms with Crippen LogP contribution in [0.4, 0.5) is 0 Å². The fraction of sp³-hybridized carbons (Fsp3) is 0.323. The quantitative estimate of drug-likeness (QED) is 0.432. The maximum Gasteiger partial charge on any atom is 0.313 e. The van der Waals surface area contributed by atoms with E-state index in [4.69, 9.17) is 28.4 Å². The normalized spacial score (nSPS) is 24.7. The zero-order valence-corrected chi connectivity index (χ0v) is 22.0. The Morgan fingerprint density at radius 3 is 2.23 bits per heavy atom. The first kappa shape index (κ1) is 25.1. The van der Waals surface area contributed by atoms with Gasteiger partial charge in [0.2, 0.25) is 12.5 Å². The predicted octanol–water partition coefficient (Wildman–Crippen LogP) is 4.88. The van der Waals surface area contributed by atoms with Gasteiger partial charge in [0.1, 0.15) is 0 Å². The molecule has 1 N–H and O–H groups in total. The number of allylic oxidation sites excluding steroid dienone is 1. The van der Waals surface area contributed by atoms with Crippen LogP contribution in [0.1, 0.15) is 40.7 Å². The molecule has 1 aliphatic carbocycles. The molecule has 0 unspecified atom stereocenters. The summed E-state index contributed by atoms with van der Waals surface area (Å²) < 4.78 is 34.0. The zero-order valence-electron chi connectivity index (χ0n) is 22.0. The van der Waals surface area contributed by atoms with Crippen molar-refractivity contribution in [3.63, 3.8) is 0 Å². The Balaban J connectivity index is 1.58. The van der Waals surface area contributed by atoms with Gasteiger partial charge in [-0.1, -0.05) is 42.5 Å². The Hall–Kier alpha value is -4.17. The second-order valence-corrected chi connectivity index (χ2v) is 9.93. The molecule has 0 amide bonds. The molecule has 3 aromatic rings. The van der Waals surface area contributed by atoms with Gasteiger partial charge in [-0.15, -0.1) is 0 Å². The highest BCUT2D eigenvalue weighted by Gasteiger charge is 2.63. The Morgan fingerprint density at radius 1 is 0.923 bits per heavy atom. The van der Waals surface area contributed by atoms with Gasteiger partial charge in [-0.25, -0.2) is 0 Å². The molecule has 8 heteroatoms. The van der Waals surface area contributed by atoms with Gasteiger partial charge >= 0.3 is 5.97 Å². The van der Waals surface area contributed by atoms with Gasteiger partial charge in [0.25, 0.3) is 0 Å². The predicted molar refractivity (Wildman–Crippen MR) is 142 cm³/mol. The molecule has 1 saturated heterocycles. The van der Waals surface area contributed by atoms with Gasteiger partial charge in [-0.3, -0.25) is 4.79 Å². The molecule has 3 aromatic carbocycles. The third-order valence-electron chi connectivity index (χ3n) is 8.13. The number of cyclic esters (lactones) is 1. The highest BCUT2D eigenvalue weighted by molar-refractivity contribution is 5.84. The van der Waals surface area contributed by atoms with Crippen molar-refractivity contribution in [2.24, 2.45) is 11.3 Å². The number of carbonyl (C=O) groups excluding carboxylic acids is 1. The van der Waals surface area contributed by atoms with Crippen molar-refractivity contribution >= 4 is 12.0 Å². The van der Waals surface area contributed by atoms with Gasteiger partial charge in [-0.2, -0.15) is 0 Å². The molecule has 2 heterocycles. The topological polar surface area (TPSA) is 92.7 Å². The van der Waals surface area contributed by atoms with Gasteiger partial charge in [0.05, 0.1) is 39.5 Å². The summed E-state index contributed by atoms with van der Waals surface area (Å²) in [5.74, 6) is 1.16. The summed E-state index contributed by atoms with van der Waals surface area (Å²) in [5.41, 5.74) is 2.14. The summed E-state index contributed by atoms with van der Waals surface area (Å²) in [6.07, 6.45) is 3.39. The molecule has 6 rings (SSSR count). The van der Waals surface area contributed by atoms with E-state index < -0.39 is 23.4 Å². The molecular formula is C31H30O8. The molecule has 39 heavy (non-hydrogen) atoms. The lowest BCUT2D eigenvalue weighted by Gasteiger charge is -2.45. The largest absolute Gasteiger partial charge is 0.493 e. The number of aliphatic hydroxyl groups excluding tert-OH is 1. The lowest BCUT2D eigenvalue weighted by molar-refractivity contribution is -0.148. The summed E-state index contributed by atoms with van der Waals surface area (Å²) in [6.45, 7) is 0.202. The molecule has 2 aliphatic heterocycles. The van der Waals surface area contributed by atoms with Crippen molar-refractivity contribution in [3.8, 4) is 28.7 Å². The molecule has 1 fully saturated rings. The molecule has 0 aromatic heterocycles. The summed E-state index contributed by atoms with van der Waals surface area (Å²) in [4.78, 5) is 13.9. The van der Waals surface area contributed by atoms with Crippen molar-refractivity contribution in [1.29, 1.82) is 0 Å². The average molecular weight is 531 g/mol. The molecule has 0 spiro atoms. The van der Waals surface area contributed by atoms with Crippen molar-refractivity contribution in [1.82, 2.24) is 0 Å². The number of benzene rings is 3. The van der Waals surface area contributed by atoms with E-state index in [-0.39, 0.29) is 19.4 Å². The number of hydrogen-bond donors (Lipinski definition) is 1. The number of ether oxygens (including phenoxy) is 6. The van der Waals surface area contributed by atoms with Crippen molar-refractivity contribution in [3.05, 3.63) is 82.9 Å². The third-order valence-corrected chi connectivity index (χ3v) is 8.13. The number of hydrogen-bond acceptors (Lipinski definition) is 8. The minimum atomic E-state index is -1.10. The average Bonchev–Trinajstić information content (AvgIpc) is 3.56.